The minimum Gasteiger partial charge on any atom is -0.0622 e. The molecule has 5 rings (SSSR count). The average Bonchev–Trinajstić information content (AvgIpc) is 2.84. The van der Waals surface area contributed by atoms with Crippen molar-refractivity contribution in [1.29, 1.82) is 0 Å². The van der Waals surface area contributed by atoms with E-state index >= 15 is 0 Å². The topological polar surface area (TPSA) is 0 Å². The first-order valence-electron chi connectivity index (χ1n) is 11.1. The Balaban J connectivity index is 1.89. The molecule has 0 saturated carbocycles. The highest BCUT2D eigenvalue weighted by atomic mass is 14.2. The molecule has 32 heavy (non-hydrogen) atoms. The van der Waals surface area contributed by atoms with Crippen molar-refractivity contribution < 1.29 is 0 Å². The van der Waals surface area contributed by atoms with Crippen molar-refractivity contribution in [2.45, 2.75) is 13.8 Å². The molecule has 5 aromatic carbocycles. The summed E-state index contributed by atoms with van der Waals surface area (Å²) in [6.07, 6.45) is 0. The highest BCUT2D eigenvalue weighted by Gasteiger charge is 2.17. The molecule has 5 aromatic rings. The molecule has 154 valence electrons. The molecule has 0 nitrogen and oxygen atoms in total. The van der Waals surface area contributed by atoms with Crippen LogP contribution in [0.15, 0.2) is 121 Å². The number of rotatable bonds is 4. The van der Waals surface area contributed by atoms with Crippen LogP contribution in [0.5, 0.6) is 0 Å². The molecule has 0 atom stereocenters. The van der Waals surface area contributed by atoms with Crippen LogP contribution in [0.4, 0.5) is 0 Å². The zero-order valence-corrected chi connectivity index (χ0v) is 18.5. The molecule has 0 fully saturated rings. The fraction of sp³-hybridized carbons (Fsp3) is 0.0625. The van der Waals surface area contributed by atoms with E-state index in [9.17, 15) is 0 Å². The molecule has 0 aliphatic carbocycles. The summed E-state index contributed by atoms with van der Waals surface area (Å²) < 4.78 is 0. The molecular formula is C32H26. The van der Waals surface area contributed by atoms with Gasteiger partial charge < -0.3 is 0 Å². The van der Waals surface area contributed by atoms with Crippen LogP contribution in [-0.2, 0) is 0 Å². The van der Waals surface area contributed by atoms with Gasteiger partial charge in [-0.15, -0.1) is 0 Å². The summed E-state index contributed by atoms with van der Waals surface area (Å²) in [5.74, 6) is 0. The van der Waals surface area contributed by atoms with E-state index in [-0.39, 0.29) is 0 Å². The van der Waals surface area contributed by atoms with Crippen molar-refractivity contribution in [3.63, 3.8) is 0 Å². The zero-order chi connectivity index (χ0) is 21.9. The van der Waals surface area contributed by atoms with Crippen LogP contribution in [0.2, 0.25) is 0 Å². The predicted octanol–water partition coefficient (Wildman–Crippen LogP) is 8.97. The second kappa shape index (κ2) is 8.69. The van der Waals surface area contributed by atoms with E-state index in [0.717, 1.165) is 0 Å². The molecule has 0 heterocycles. The van der Waals surface area contributed by atoms with Gasteiger partial charge in [0.05, 0.1) is 0 Å². The van der Waals surface area contributed by atoms with Crippen LogP contribution in [-0.4, -0.2) is 0 Å². The summed E-state index contributed by atoms with van der Waals surface area (Å²) in [5.41, 5.74) is 12.5. The standard InChI is InChI=1S/C32H26/c1-23-11-9-17-27(19-23)31-22-29(25-13-5-3-6-14-25)21-30(26-15-7-4-8-16-26)32(31)28-18-10-12-24(2)20-28/h3-22H,1-2H3. The van der Waals surface area contributed by atoms with Crippen molar-refractivity contribution in [3.05, 3.63) is 132 Å². The summed E-state index contributed by atoms with van der Waals surface area (Å²) in [4.78, 5) is 0. The van der Waals surface area contributed by atoms with E-state index in [1.54, 1.807) is 0 Å². The minimum atomic E-state index is 1.23. The van der Waals surface area contributed by atoms with Crippen LogP contribution in [0.25, 0.3) is 44.5 Å². The zero-order valence-electron chi connectivity index (χ0n) is 18.5. The van der Waals surface area contributed by atoms with Crippen molar-refractivity contribution in [3.8, 4) is 44.5 Å². The quantitative estimate of drug-likeness (QED) is 0.277. The molecule has 0 bridgehead atoms. The largest absolute Gasteiger partial charge is 0.0622 e. The summed E-state index contributed by atoms with van der Waals surface area (Å²) in [6.45, 7) is 4.32. The third-order valence-corrected chi connectivity index (χ3v) is 5.97. The van der Waals surface area contributed by atoms with Crippen LogP contribution >= 0.6 is 0 Å². The molecule has 0 spiro atoms. The van der Waals surface area contributed by atoms with Crippen LogP contribution < -0.4 is 0 Å². The van der Waals surface area contributed by atoms with E-state index in [0.29, 0.717) is 0 Å². The highest BCUT2D eigenvalue weighted by Crippen LogP contribution is 2.43. The number of aryl methyl sites for hydroxylation is 2. The Morgan fingerprint density at radius 2 is 0.812 bits per heavy atom. The van der Waals surface area contributed by atoms with E-state index in [1.807, 2.05) is 0 Å². The first-order valence-corrected chi connectivity index (χ1v) is 11.1. The molecule has 0 radical (unpaired) electrons. The maximum Gasteiger partial charge on any atom is -0.00263 e. The molecule has 0 heteroatoms. The molecule has 0 aliphatic rings. The van der Waals surface area contributed by atoms with E-state index in [1.165, 1.54) is 55.6 Å². The van der Waals surface area contributed by atoms with Crippen molar-refractivity contribution in [1.82, 2.24) is 0 Å². The number of hydrogen-bond donors (Lipinski definition) is 0. The van der Waals surface area contributed by atoms with Crippen LogP contribution in [0, 0.1) is 13.8 Å². The number of benzene rings is 5. The molecule has 0 aromatic heterocycles. The third kappa shape index (κ3) is 4.00. The Morgan fingerprint density at radius 1 is 0.344 bits per heavy atom. The summed E-state index contributed by atoms with van der Waals surface area (Å²) >= 11 is 0. The molecule has 0 amide bonds. The predicted molar refractivity (Wildman–Crippen MR) is 138 cm³/mol. The lowest BCUT2D eigenvalue weighted by Crippen LogP contribution is -1.93. The van der Waals surface area contributed by atoms with E-state index < -0.39 is 0 Å². The van der Waals surface area contributed by atoms with Gasteiger partial charge in [0.15, 0.2) is 0 Å². The van der Waals surface area contributed by atoms with Gasteiger partial charge in [-0.05, 0) is 70.5 Å². The lowest BCUT2D eigenvalue weighted by Gasteiger charge is -2.19. The highest BCUT2D eigenvalue weighted by molar-refractivity contribution is 5.97. The number of hydrogen-bond acceptors (Lipinski definition) is 0. The monoisotopic (exact) mass is 410 g/mol. The van der Waals surface area contributed by atoms with Gasteiger partial charge >= 0.3 is 0 Å². The van der Waals surface area contributed by atoms with Gasteiger partial charge in [0.1, 0.15) is 0 Å². The Bertz CT molecular complexity index is 1360. The van der Waals surface area contributed by atoms with Gasteiger partial charge in [-0.2, -0.15) is 0 Å². The maximum atomic E-state index is 2.36. The summed E-state index contributed by atoms with van der Waals surface area (Å²) in [6, 6.07) is 43.8. The fourth-order valence-electron chi connectivity index (χ4n) is 4.44. The SMILES string of the molecule is Cc1cccc(-c2cc(-c3ccccc3)cc(-c3ccccc3)c2-c2cccc(C)c2)c1. The Morgan fingerprint density at radius 3 is 1.41 bits per heavy atom. The maximum absolute atomic E-state index is 2.36. The van der Waals surface area contributed by atoms with Gasteiger partial charge in [-0.1, -0.05) is 120 Å². The van der Waals surface area contributed by atoms with Gasteiger partial charge in [0.25, 0.3) is 0 Å². The van der Waals surface area contributed by atoms with Crippen molar-refractivity contribution in [2.24, 2.45) is 0 Å². The first-order chi connectivity index (χ1) is 15.7. The smallest absolute Gasteiger partial charge is 0.00263 e. The molecule has 0 unspecified atom stereocenters. The minimum absolute atomic E-state index is 1.23. The van der Waals surface area contributed by atoms with Gasteiger partial charge in [0, 0.05) is 0 Å². The summed E-state index contributed by atoms with van der Waals surface area (Å²) in [7, 11) is 0. The molecule has 0 N–H and O–H groups in total. The van der Waals surface area contributed by atoms with E-state index in [4.69, 9.17) is 0 Å². The van der Waals surface area contributed by atoms with Gasteiger partial charge in [0.2, 0.25) is 0 Å². The van der Waals surface area contributed by atoms with Crippen LogP contribution in [0.1, 0.15) is 11.1 Å². The van der Waals surface area contributed by atoms with Crippen molar-refractivity contribution >= 4 is 0 Å². The first kappa shape index (κ1) is 20.0. The molecule has 0 saturated heterocycles. The Kier molecular flexibility index (Phi) is 5.44. The van der Waals surface area contributed by atoms with E-state index in [2.05, 4.69) is 135 Å². The van der Waals surface area contributed by atoms with Crippen LogP contribution in [0.3, 0.4) is 0 Å². The Hall–Kier alpha value is -3.90. The van der Waals surface area contributed by atoms with Crippen molar-refractivity contribution in [2.75, 3.05) is 0 Å². The average molecular weight is 411 g/mol. The van der Waals surface area contributed by atoms with Gasteiger partial charge in [-0.25, -0.2) is 0 Å². The molecular weight excluding hydrogens is 384 g/mol. The Labute approximate surface area is 190 Å². The fourth-order valence-corrected chi connectivity index (χ4v) is 4.44. The summed E-state index contributed by atoms with van der Waals surface area (Å²) in [5, 5.41) is 0. The lowest BCUT2D eigenvalue weighted by atomic mass is 9.84. The lowest BCUT2D eigenvalue weighted by molar-refractivity contribution is 1.45. The second-order valence-electron chi connectivity index (χ2n) is 8.42. The second-order valence-corrected chi connectivity index (χ2v) is 8.42. The third-order valence-electron chi connectivity index (χ3n) is 5.97. The molecule has 0 aliphatic heterocycles. The normalized spacial score (nSPS) is 10.8. The van der Waals surface area contributed by atoms with Gasteiger partial charge in [-0.3, -0.25) is 0 Å².